The number of aromatic nitrogens is 1. The fourth-order valence-electron chi connectivity index (χ4n) is 1.62. The lowest BCUT2D eigenvalue weighted by atomic mass is 10.3. The number of nitrogens with one attached hydrogen (secondary N) is 2. The van der Waals surface area contributed by atoms with Crippen LogP contribution in [0, 0.1) is 3.57 Å². The van der Waals surface area contributed by atoms with E-state index in [1.807, 2.05) is 36.7 Å². The maximum atomic E-state index is 5.95. The van der Waals surface area contributed by atoms with Crippen molar-refractivity contribution in [3.05, 3.63) is 45.3 Å². The van der Waals surface area contributed by atoms with Crippen LogP contribution in [0.4, 0.5) is 17.1 Å². The lowest BCUT2D eigenvalue weighted by molar-refractivity contribution is 0.978. The molecule has 1 aromatic heterocycles. The highest BCUT2D eigenvalue weighted by Gasteiger charge is 2.02. The summed E-state index contributed by atoms with van der Waals surface area (Å²) in [6.07, 6.45) is 4.72. The Bertz CT molecular complexity index is 560. The van der Waals surface area contributed by atoms with Gasteiger partial charge in [-0.15, -0.1) is 0 Å². The Morgan fingerprint density at radius 2 is 2.00 bits per heavy atom. The lowest BCUT2D eigenvalue weighted by Gasteiger charge is -2.10. The number of halogens is 2. The third-order valence-corrected chi connectivity index (χ3v) is 3.66. The fourth-order valence-corrected chi connectivity index (χ4v) is 2.63. The van der Waals surface area contributed by atoms with Gasteiger partial charge in [-0.1, -0.05) is 18.5 Å². The zero-order chi connectivity index (χ0) is 13.7. The Balaban J connectivity index is 2.14. The maximum absolute atomic E-state index is 5.95. The minimum atomic E-state index is 0.742. The van der Waals surface area contributed by atoms with Crippen molar-refractivity contribution < 1.29 is 0 Å². The molecule has 0 atom stereocenters. The van der Waals surface area contributed by atoms with Crippen molar-refractivity contribution in [3.63, 3.8) is 0 Å². The Hall–Kier alpha value is -1.01. The molecule has 0 fully saturated rings. The predicted octanol–water partition coefficient (Wildman–Crippen LogP) is 4.91. The van der Waals surface area contributed by atoms with Crippen LogP contribution in [0.15, 0.2) is 36.7 Å². The van der Waals surface area contributed by atoms with E-state index in [1.165, 1.54) is 0 Å². The van der Waals surface area contributed by atoms with Crippen LogP contribution >= 0.6 is 34.2 Å². The van der Waals surface area contributed by atoms with E-state index in [0.29, 0.717) is 0 Å². The summed E-state index contributed by atoms with van der Waals surface area (Å²) in [7, 11) is 0. The van der Waals surface area contributed by atoms with E-state index < -0.39 is 0 Å². The normalized spacial score (nSPS) is 10.3. The summed E-state index contributed by atoms with van der Waals surface area (Å²) in [6.45, 7) is 3.09. The molecule has 2 rings (SSSR count). The van der Waals surface area contributed by atoms with Crippen molar-refractivity contribution >= 4 is 51.3 Å². The van der Waals surface area contributed by atoms with Crippen LogP contribution in [0.3, 0.4) is 0 Å². The predicted molar refractivity (Wildman–Crippen MR) is 90.5 cm³/mol. The van der Waals surface area contributed by atoms with Crippen molar-refractivity contribution in [1.29, 1.82) is 0 Å². The Morgan fingerprint density at radius 1 is 1.21 bits per heavy atom. The van der Waals surface area contributed by atoms with Gasteiger partial charge in [-0.05, 0) is 53.3 Å². The van der Waals surface area contributed by atoms with E-state index in [-0.39, 0.29) is 0 Å². The molecule has 3 nitrogen and oxygen atoms in total. The van der Waals surface area contributed by atoms with Gasteiger partial charge in [0, 0.05) is 15.1 Å². The first-order valence-corrected chi connectivity index (χ1v) is 7.55. The fraction of sp³-hybridized carbons (Fsp3) is 0.214. The molecule has 0 aliphatic heterocycles. The third kappa shape index (κ3) is 4.24. The van der Waals surface area contributed by atoms with E-state index in [9.17, 15) is 0 Å². The van der Waals surface area contributed by atoms with Crippen LogP contribution in [0.1, 0.15) is 13.3 Å². The highest BCUT2D eigenvalue weighted by molar-refractivity contribution is 14.1. The van der Waals surface area contributed by atoms with E-state index in [0.717, 1.165) is 38.6 Å². The van der Waals surface area contributed by atoms with Crippen LogP contribution in [0.2, 0.25) is 5.02 Å². The number of rotatable bonds is 5. The second-order valence-electron chi connectivity index (χ2n) is 4.14. The van der Waals surface area contributed by atoms with Gasteiger partial charge in [-0.2, -0.15) is 0 Å². The van der Waals surface area contributed by atoms with Crippen molar-refractivity contribution in [2.45, 2.75) is 13.3 Å². The molecule has 19 heavy (non-hydrogen) atoms. The minimum absolute atomic E-state index is 0.742. The molecule has 2 N–H and O–H groups in total. The van der Waals surface area contributed by atoms with E-state index in [1.54, 1.807) is 0 Å². The third-order valence-electron chi connectivity index (χ3n) is 2.53. The molecule has 1 heterocycles. The maximum Gasteiger partial charge on any atom is 0.0591 e. The van der Waals surface area contributed by atoms with Gasteiger partial charge in [-0.25, -0.2) is 0 Å². The first-order chi connectivity index (χ1) is 9.19. The molecule has 0 aliphatic carbocycles. The summed E-state index contributed by atoms with van der Waals surface area (Å²) < 4.78 is 1.08. The first-order valence-electron chi connectivity index (χ1n) is 6.10. The molecule has 2 aromatic rings. The zero-order valence-corrected chi connectivity index (χ0v) is 13.5. The summed E-state index contributed by atoms with van der Waals surface area (Å²) in [5.74, 6) is 0. The van der Waals surface area contributed by atoms with Gasteiger partial charge < -0.3 is 10.6 Å². The molecule has 0 spiro atoms. The largest absolute Gasteiger partial charge is 0.384 e. The summed E-state index contributed by atoms with van der Waals surface area (Å²) in [4.78, 5) is 4.23. The number of benzene rings is 1. The second-order valence-corrected chi connectivity index (χ2v) is 5.74. The monoisotopic (exact) mass is 387 g/mol. The average Bonchev–Trinajstić information content (AvgIpc) is 2.40. The smallest absolute Gasteiger partial charge is 0.0591 e. The summed E-state index contributed by atoms with van der Waals surface area (Å²) in [5, 5.41) is 7.41. The van der Waals surface area contributed by atoms with Crippen LogP contribution in [0.25, 0.3) is 0 Å². The quantitative estimate of drug-likeness (QED) is 0.716. The average molecular weight is 388 g/mol. The van der Waals surface area contributed by atoms with Gasteiger partial charge in [0.25, 0.3) is 0 Å². The molecule has 0 saturated carbocycles. The van der Waals surface area contributed by atoms with Crippen molar-refractivity contribution in [3.8, 4) is 0 Å². The van der Waals surface area contributed by atoms with E-state index in [4.69, 9.17) is 11.6 Å². The minimum Gasteiger partial charge on any atom is -0.384 e. The summed E-state index contributed by atoms with van der Waals surface area (Å²) >= 11 is 8.21. The van der Waals surface area contributed by atoms with Gasteiger partial charge in [-0.3, -0.25) is 4.98 Å². The van der Waals surface area contributed by atoms with Gasteiger partial charge in [0.2, 0.25) is 0 Å². The number of anilines is 3. The van der Waals surface area contributed by atoms with Crippen molar-refractivity contribution in [2.24, 2.45) is 0 Å². The number of hydrogen-bond acceptors (Lipinski definition) is 3. The highest BCUT2D eigenvalue weighted by atomic mass is 127. The van der Waals surface area contributed by atoms with Crippen LogP contribution in [0.5, 0.6) is 0 Å². The molecule has 0 bridgehead atoms. The molecule has 5 heteroatoms. The SMILES string of the molecule is CCCNc1cncc(Nc2ccc(Cl)cc2I)c1. The van der Waals surface area contributed by atoms with E-state index >= 15 is 0 Å². The van der Waals surface area contributed by atoms with Crippen molar-refractivity contribution in [2.75, 3.05) is 17.2 Å². The van der Waals surface area contributed by atoms with Crippen LogP contribution in [-0.2, 0) is 0 Å². The molecule has 0 aliphatic rings. The Kier molecular flexibility index (Phi) is 5.27. The van der Waals surface area contributed by atoms with Crippen LogP contribution < -0.4 is 10.6 Å². The molecule has 0 saturated heterocycles. The van der Waals surface area contributed by atoms with Gasteiger partial charge >= 0.3 is 0 Å². The number of nitrogens with zero attached hydrogens (tertiary/aromatic N) is 1. The number of hydrogen-bond donors (Lipinski definition) is 2. The Morgan fingerprint density at radius 3 is 2.74 bits per heavy atom. The lowest BCUT2D eigenvalue weighted by Crippen LogP contribution is -2.01. The van der Waals surface area contributed by atoms with Crippen molar-refractivity contribution in [1.82, 2.24) is 4.98 Å². The van der Waals surface area contributed by atoms with Gasteiger partial charge in [0.05, 0.1) is 29.5 Å². The van der Waals surface area contributed by atoms with Crippen LogP contribution in [-0.4, -0.2) is 11.5 Å². The summed E-state index contributed by atoms with van der Waals surface area (Å²) in [6, 6.07) is 7.82. The Labute approximate surface area is 131 Å². The standard InChI is InChI=1S/C14H15ClIN3/c1-2-5-18-11-7-12(9-17-8-11)19-14-4-3-10(15)6-13(14)16/h3-4,6-9,18-19H,2,5H2,1H3. The summed E-state index contributed by atoms with van der Waals surface area (Å²) in [5.41, 5.74) is 3.01. The van der Waals surface area contributed by atoms with E-state index in [2.05, 4.69) is 45.1 Å². The topological polar surface area (TPSA) is 37.0 Å². The molecular formula is C14H15ClIN3. The highest BCUT2D eigenvalue weighted by Crippen LogP contribution is 2.26. The molecule has 0 unspecified atom stereocenters. The molecular weight excluding hydrogens is 373 g/mol. The molecule has 0 radical (unpaired) electrons. The molecule has 0 amide bonds. The zero-order valence-electron chi connectivity index (χ0n) is 10.6. The molecule has 100 valence electrons. The first kappa shape index (κ1) is 14.4. The van der Waals surface area contributed by atoms with Gasteiger partial charge in [0.1, 0.15) is 0 Å². The molecule has 1 aromatic carbocycles. The van der Waals surface area contributed by atoms with Gasteiger partial charge in [0.15, 0.2) is 0 Å². The number of pyridine rings is 1. The second kappa shape index (κ2) is 6.96.